The van der Waals surface area contributed by atoms with E-state index in [-0.39, 0.29) is 5.82 Å². The zero-order chi connectivity index (χ0) is 13.1. The van der Waals surface area contributed by atoms with Gasteiger partial charge in [0.15, 0.2) is 0 Å². The maximum Gasteiger partial charge on any atom is 0.123 e. The van der Waals surface area contributed by atoms with Crippen molar-refractivity contribution in [1.29, 1.82) is 0 Å². The van der Waals surface area contributed by atoms with Crippen LogP contribution in [-0.2, 0) is 6.54 Å². The Morgan fingerprint density at radius 1 is 0.947 bits per heavy atom. The van der Waals surface area contributed by atoms with E-state index in [9.17, 15) is 4.39 Å². The van der Waals surface area contributed by atoms with Gasteiger partial charge in [0.05, 0.1) is 6.54 Å². The minimum Gasteiger partial charge on any atom is -0.336 e. The second-order valence-electron chi connectivity index (χ2n) is 4.31. The predicted octanol–water partition coefficient (Wildman–Crippen LogP) is 3.83. The molecule has 0 N–H and O–H groups in total. The van der Waals surface area contributed by atoms with Crippen molar-refractivity contribution in [2.24, 2.45) is 0 Å². The Morgan fingerprint density at radius 2 is 1.74 bits per heavy atom. The number of halogens is 1. The highest BCUT2D eigenvalue weighted by Gasteiger charge is 1.97. The zero-order valence-electron chi connectivity index (χ0n) is 10.3. The molecule has 0 bridgehead atoms. The van der Waals surface area contributed by atoms with E-state index in [0.717, 1.165) is 5.56 Å². The van der Waals surface area contributed by atoms with Crippen molar-refractivity contribution in [2.45, 2.75) is 6.54 Å². The first-order chi connectivity index (χ1) is 9.33. The molecular formula is C17H12FN. The molecule has 1 aromatic heterocycles. The molecule has 0 unspecified atom stereocenters. The summed E-state index contributed by atoms with van der Waals surface area (Å²) in [7, 11) is 0. The van der Waals surface area contributed by atoms with Crippen LogP contribution in [-0.4, -0.2) is 4.57 Å². The molecule has 0 fully saturated rings. The van der Waals surface area contributed by atoms with Gasteiger partial charge in [-0.15, -0.1) is 0 Å². The standard InChI is InChI=1S/C17H12FN/c18-16-9-7-14(8-10-16)4-3-12-19-13-11-15-5-1-2-6-17(15)19/h1-2,5-11,13H,12H2. The third-order valence-corrected chi connectivity index (χ3v) is 3.01. The SMILES string of the molecule is Fc1ccc(C#CCn2ccc3ccccc32)cc1. The number of aromatic nitrogens is 1. The van der Waals surface area contributed by atoms with E-state index in [2.05, 4.69) is 34.6 Å². The molecule has 1 heterocycles. The van der Waals surface area contributed by atoms with E-state index in [4.69, 9.17) is 0 Å². The molecule has 3 aromatic rings. The molecule has 0 spiro atoms. The number of fused-ring (bicyclic) bond motifs is 1. The van der Waals surface area contributed by atoms with Crippen LogP contribution in [0.2, 0.25) is 0 Å². The summed E-state index contributed by atoms with van der Waals surface area (Å²) in [6.45, 7) is 0.630. The van der Waals surface area contributed by atoms with Crippen LogP contribution in [0.1, 0.15) is 5.56 Å². The number of hydrogen-bond donors (Lipinski definition) is 0. The van der Waals surface area contributed by atoms with E-state index >= 15 is 0 Å². The summed E-state index contributed by atoms with van der Waals surface area (Å²) >= 11 is 0. The topological polar surface area (TPSA) is 4.93 Å². The van der Waals surface area contributed by atoms with Gasteiger partial charge in [-0.25, -0.2) is 4.39 Å². The van der Waals surface area contributed by atoms with Crippen molar-refractivity contribution in [3.63, 3.8) is 0 Å². The Morgan fingerprint density at radius 3 is 2.58 bits per heavy atom. The molecule has 0 saturated carbocycles. The minimum absolute atomic E-state index is 0.234. The third kappa shape index (κ3) is 2.51. The second kappa shape index (κ2) is 4.99. The van der Waals surface area contributed by atoms with Crippen LogP contribution in [0.15, 0.2) is 60.8 Å². The average Bonchev–Trinajstić information content (AvgIpc) is 2.85. The second-order valence-corrected chi connectivity index (χ2v) is 4.31. The maximum absolute atomic E-state index is 12.8. The molecular weight excluding hydrogens is 237 g/mol. The summed E-state index contributed by atoms with van der Waals surface area (Å²) in [5.74, 6) is 5.91. The quantitative estimate of drug-likeness (QED) is 0.578. The normalized spacial score (nSPS) is 10.2. The van der Waals surface area contributed by atoms with Crippen LogP contribution < -0.4 is 0 Å². The van der Waals surface area contributed by atoms with Crippen LogP contribution >= 0.6 is 0 Å². The summed E-state index contributed by atoms with van der Waals surface area (Å²) in [5.41, 5.74) is 2.01. The Balaban J connectivity index is 1.81. The van der Waals surface area contributed by atoms with Gasteiger partial charge in [0.2, 0.25) is 0 Å². The summed E-state index contributed by atoms with van der Waals surface area (Å²) < 4.78 is 14.9. The van der Waals surface area contributed by atoms with Crippen LogP contribution in [0.5, 0.6) is 0 Å². The van der Waals surface area contributed by atoms with Crippen LogP contribution in [0.3, 0.4) is 0 Å². The fourth-order valence-corrected chi connectivity index (χ4v) is 2.04. The molecule has 0 aliphatic carbocycles. The minimum atomic E-state index is -0.234. The number of rotatable bonds is 1. The first-order valence-corrected chi connectivity index (χ1v) is 6.11. The van der Waals surface area contributed by atoms with Gasteiger partial charge in [0.25, 0.3) is 0 Å². The van der Waals surface area contributed by atoms with Crippen molar-refractivity contribution >= 4 is 10.9 Å². The van der Waals surface area contributed by atoms with Gasteiger partial charge < -0.3 is 4.57 Å². The van der Waals surface area contributed by atoms with Gasteiger partial charge in [0.1, 0.15) is 5.82 Å². The van der Waals surface area contributed by atoms with Gasteiger partial charge >= 0.3 is 0 Å². The molecule has 3 rings (SSSR count). The molecule has 0 radical (unpaired) electrons. The highest BCUT2D eigenvalue weighted by atomic mass is 19.1. The van der Waals surface area contributed by atoms with E-state index in [0.29, 0.717) is 6.54 Å². The molecule has 19 heavy (non-hydrogen) atoms. The lowest BCUT2D eigenvalue weighted by Gasteiger charge is -1.98. The average molecular weight is 249 g/mol. The van der Waals surface area contributed by atoms with Crippen molar-refractivity contribution in [3.8, 4) is 11.8 Å². The molecule has 0 aliphatic rings. The number of para-hydroxylation sites is 1. The van der Waals surface area contributed by atoms with Gasteiger partial charge in [-0.1, -0.05) is 30.0 Å². The molecule has 0 amide bonds. The largest absolute Gasteiger partial charge is 0.336 e. The van der Waals surface area contributed by atoms with Crippen molar-refractivity contribution in [3.05, 3.63) is 72.2 Å². The molecule has 2 heteroatoms. The summed E-state index contributed by atoms with van der Waals surface area (Å²) in [6, 6.07) is 16.5. The van der Waals surface area contributed by atoms with Crippen molar-refractivity contribution in [2.75, 3.05) is 0 Å². The molecule has 92 valence electrons. The van der Waals surface area contributed by atoms with E-state index in [1.54, 1.807) is 12.1 Å². The molecule has 1 nitrogen and oxygen atoms in total. The van der Waals surface area contributed by atoms with Crippen LogP contribution in [0, 0.1) is 17.7 Å². The van der Waals surface area contributed by atoms with Crippen molar-refractivity contribution in [1.82, 2.24) is 4.57 Å². The first-order valence-electron chi connectivity index (χ1n) is 6.11. The smallest absolute Gasteiger partial charge is 0.123 e. The van der Waals surface area contributed by atoms with Gasteiger partial charge in [-0.2, -0.15) is 0 Å². The van der Waals surface area contributed by atoms with Crippen molar-refractivity contribution < 1.29 is 4.39 Å². The highest BCUT2D eigenvalue weighted by Crippen LogP contribution is 2.14. The lowest BCUT2D eigenvalue weighted by Crippen LogP contribution is -1.92. The molecule has 0 atom stereocenters. The fraction of sp³-hybridized carbons (Fsp3) is 0.0588. The maximum atomic E-state index is 12.8. The van der Waals surface area contributed by atoms with Crippen LogP contribution in [0.4, 0.5) is 4.39 Å². The Bertz CT molecular complexity index is 757. The summed E-state index contributed by atoms with van der Waals surface area (Å²) in [4.78, 5) is 0. The van der Waals surface area contributed by atoms with E-state index in [1.807, 2.05) is 18.3 Å². The fourth-order valence-electron chi connectivity index (χ4n) is 2.04. The van der Waals surface area contributed by atoms with Gasteiger partial charge in [-0.3, -0.25) is 0 Å². The molecule has 2 aromatic carbocycles. The lowest BCUT2D eigenvalue weighted by molar-refractivity contribution is 0.627. The zero-order valence-corrected chi connectivity index (χ0v) is 10.3. The van der Waals surface area contributed by atoms with Gasteiger partial charge in [-0.05, 0) is 41.8 Å². The molecule has 0 aliphatic heterocycles. The summed E-state index contributed by atoms with van der Waals surface area (Å²) in [6.07, 6.45) is 2.03. The molecule has 0 saturated heterocycles. The van der Waals surface area contributed by atoms with E-state index < -0.39 is 0 Å². The third-order valence-electron chi connectivity index (χ3n) is 3.01. The Kier molecular flexibility index (Phi) is 3.04. The predicted molar refractivity (Wildman–Crippen MR) is 75.2 cm³/mol. The number of hydrogen-bond acceptors (Lipinski definition) is 0. The van der Waals surface area contributed by atoms with E-state index in [1.165, 1.54) is 23.0 Å². The number of nitrogens with zero attached hydrogens (tertiary/aromatic N) is 1. The van der Waals surface area contributed by atoms with Crippen LogP contribution in [0.25, 0.3) is 10.9 Å². The summed E-state index contributed by atoms with van der Waals surface area (Å²) in [5, 5.41) is 1.21. The number of benzene rings is 2. The van der Waals surface area contributed by atoms with Gasteiger partial charge in [0, 0.05) is 17.3 Å². The lowest BCUT2D eigenvalue weighted by atomic mass is 10.2. The Labute approximate surface area is 111 Å². The first kappa shape index (κ1) is 11.6. The Hall–Kier alpha value is -2.53. The monoisotopic (exact) mass is 249 g/mol. The highest BCUT2D eigenvalue weighted by molar-refractivity contribution is 5.79.